The van der Waals surface area contributed by atoms with Crippen LogP contribution in [0.2, 0.25) is 0 Å². The summed E-state index contributed by atoms with van der Waals surface area (Å²) < 4.78 is 13.1. The third kappa shape index (κ3) is 5.77. The number of likely N-dealkylation sites (tertiary alicyclic amines) is 1. The van der Waals surface area contributed by atoms with Gasteiger partial charge in [-0.3, -0.25) is 14.4 Å². The Balaban J connectivity index is 2.06. The van der Waals surface area contributed by atoms with Gasteiger partial charge in [-0.15, -0.1) is 0 Å². The van der Waals surface area contributed by atoms with E-state index < -0.39 is 17.8 Å². The van der Waals surface area contributed by atoms with Gasteiger partial charge < -0.3 is 15.3 Å². The minimum atomic E-state index is -1.05. The monoisotopic (exact) mass is 378 g/mol. The van der Waals surface area contributed by atoms with Crippen LogP contribution in [-0.4, -0.2) is 40.9 Å². The van der Waals surface area contributed by atoms with E-state index in [2.05, 4.69) is 5.32 Å². The Hall–Kier alpha value is -2.44. The van der Waals surface area contributed by atoms with Gasteiger partial charge in [0.25, 0.3) is 0 Å². The fourth-order valence-electron chi connectivity index (χ4n) is 3.29. The van der Waals surface area contributed by atoms with Gasteiger partial charge in [-0.05, 0) is 37.0 Å². The van der Waals surface area contributed by atoms with Crippen LogP contribution in [0.15, 0.2) is 24.3 Å². The molecule has 1 aromatic rings. The van der Waals surface area contributed by atoms with E-state index in [1.807, 2.05) is 13.8 Å². The zero-order valence-electron chi connectivity index (χ0n) is 15.8. The number of carboxylic acids is 1. The lowest BCUT2D eigenvalue weighted by atomic mass is 9.94. The van der Waals surface area contributed by atoms with Crippen LogP contribution in [0, 0.1) is 17.7 Å². The molecule has 0 aromatic heterocycles. The van der Waals surface area contributed by atoms with Crippen molar-refractivity contribution in [2.45, 2.75) is 45.6 Å². The highest BCUT2D eigenvalue weighted by atomic mass is 19.1. The van der Waals surface area contributed by atoms with Gasteiger partial charge in [0.1, 0.15) is 5.82 Å². The molecule has 0 spiro atoms. The number of hydrogen-bond donors (Lipinski definition) is 2. The lowest BCUT2D eigenvalue weighted by molar-refractivity contribution is -0.139. The Morgan fingerprint density at radius 1 is 1.30 bits per heavy atom. The van der Waals surface area contributed by atoms with Gasteiger partial charge in [-0.2, -0.15) is 0 Å². The molecule has 1 heterocycles. The van der Waals surface area contributed by atoms with E-state index in [0.29, 0.717) is 25.1 Å². The number of carbonyl (C=O) groups excluding carboxylic acids is 2. The summed E-state index contributed by atoms with van der Waals surface area (Å²) >= 11 is 0. The van der Waals surface area contributed by atoms with Crippen molar-refractivity contribution < 1.29 is 23.9 Å². The van der Waals surface area contributed by atoms with E-state index in [-0.39, 0.29) is 30.1 Å². The molecule has 2 amide bonds. The minimum absolute atomic E-state index is 0.0515. The average Bonchev–Trinajstić information content (AvgIpc) is 2.66. The first-order chi connectivity index (χ1) is 12.8. The highest BCUT2D eigenvalue weighted by Crippen LogP contribution is 2.23. The van der Waals surface area contributed by atoms with E-state index >= 15 is 0 Å². The summed E-state index contributed by atoms with van der Waals surface area (Å²) in [5.41, 5.74) is 0.537. The molecule has 27 heavy (non-hydrogen) atoms. The molecule has 0 saturated carbocycles. The normalized spacial score (nSPS) is 19.2. The molecule has 1 fully saturated rings. The van der Waals surface area contributed by atoms with Gasteiger partial charge in [0.15, 0.2) is 0 Å². The number of halogens is 1. The van der Waals surface area contributed by atoms with Crippen molar-refractivity contribution in [3.05, 3.63) is 35.6 Å². The predicted molar refractivity (Wildman–Crippen MR) is 98.3 cm³/mol. The Morgan fingerprint density at radius 2 is 1.96 bits per heavy atom. The number of rotatable bonds is 7. The van der Waals surface area contributed by atoms with Crippen LogP contribution in [0.1, 0.15) is 51.1 Å². The van der Waals surface area contributed by atoms with Crippen molar-refractivity contribution in [3.63, 3.8) is 0 Å². The molecular formula is C20H27FN2O4. The number of aliphatic carboxylic acids is 1. The number of nitrogens with zero attached hydrogens (tertiary/aromatic N) is 1. The fourth-order valence-corrected chi connectivity index (χ4v) is 3.29. The van der Waals surface area contributed by atoms with Crippen molar-refractivity contribution in [1.29, 1.82) is 0 Å². The third-order valence-corrected chi connectivity index (χ3v) is 5.11. The van der Waals surface area contributed by atoms with Gasteiger partial charge in [0.2, 0.25) is 11.8 Å². The molecule has 0 aliphatic carbocycles. The molecule has 1 aliphatic heterocycles. The number of nitrogens with one attached hydrogen (secondary N) is 1. The summed E-state index contributed by atoms with van der Waals surface area (Å²) in [5, 5.41) is 11.9. The van der Waals surface area contributed by atoms with Crippen molar-refractivity contribution in [2.24, 2.45) is 11.8 Å². The number of benzene rings is 1. The summed E-state index contributed by atoms with van der Waals surface area (Å²) in [5.74, 6) is -2.15. The van der Waals surface area contributed by atoms with Crippen molar-refractivity contribution in [3.8, 4) is 0 Å². The predicted octanol–water partition coefficient (Wildman–Crippen LogP) is 2.74. The average molecular weight is 378 g/mol. The number of amides is 2. The van der Waals surface area contributed by atoms with Gasteiger partial charge >= 0.3 is 5.97 Å². The Kier molecular flexibility index (Phi) is 7.33. The van der Waals surface area contributed by atoms with E-state index in [0.717, 1.165) is 12.8 Å². The second kappa shape index (κ2) is 9.48. The van der Waals surface area contributed by atoms with Gasteiger partial charge in [0, 0.05) is 19.0 Å². The van der Waals surface area contributed by atoms with Crippen LogP contribution in [0.25, 0.3) is 0 Å². The second-order valence-electron chi connectivity index (χ2n) is 7.14. The smallest absolute Gasteiger partial charge is 0.305 e. The highest BCUT2D eigenvalue weighted by Gasteiger charge is 2.31. The molecular weight excluding hydrogens is 351 g/mol. The quantitative estimate of drug-likeness (QED) is 0.764. The number of piperidine rings is 1. The molecule has 2 rings (SSSR count). The topological polar surface area (TPSA) is 86.7 Å². The van der Waals surface area contributed by atoms with Crippen LogP contribution in [0.3, 0.4) is 0 Å². The summed E-state index contributed by atoms with van der Waals surface area (Å²) in [4.78, 5) is 38.0. The van der Waals surface area contributed by atoms with E-state index in [4.69, 9.17) is 5.11 Å². The lowest BCUT2D eigenvalue weighted by Gasteiger charge is -2.34. The van der Waals surface area contributed by atoms with E-state index in [1.54, 1.807) is 4.90 Å². The van der Waals surface area contributed by atoms with Crippen LogP contribution in [-0.2, 0) is 14.4 Å². The Bertz CT molecular complexity index is 677. The van der Waals surface area contributed by atoms with E-state index in [1.165, 1.54) is 24.3 Å². The van der Waals surface area contributed by atoms with Crippen LogP contribution in [0.5, 0.6) is 0 Å². The van der Waals surface area contributed by atoms with Crippen LogP contribution >= 0.6 is 0 Å². The second-order valence-corrected chi connectivity index (χ2v) is 7.14. The van der Waals surface area contributed by atoms with E-state index in [9.17, 15) is 18.8 Å². The summed E-state index contributed by atoms with van der Waals surface area (Å²) in [6.07, 6.45) is 1.84. The molecule has 1 aliphatic rings. The first-order valence-electron chi connectivity index (χ1n) is 9.38. The fraction of sp³-hybridized carbons (Fsp3) is 0.550. The maximum atomic E-state index is 13.1. The summed E-state index contributed by atoms with van der Waals surface area (Å²) in [6.45, 7) is 4.82. The molecule has 148 valence electrons. The zero-order valence-corrected chi connectivity index (χ0v) is 15.8. The van der Waals surface area contributed by atoms with Gasteiger partial charge in [-0.1, -0.05) is 26.0 Å². The highest BCUT2D eigenvalue weighted by molar-refractivity contribution is 5.83. The number of hydrogen-bond acceptors (Lipinski definition) is 3. The van der Waals surface area contributed by atoms with Crippen molar-refractivity contribution in [1.82, 2.24) is 10.2 Å². The molecule has 2 N–H and O–H groups in total. The lowest BCUT2D eigenvalue weighted by Crippen LogP contribution is -2.47. The Morgan fingerprint density at radius 3 is 2.56 bits per heavy atom. The SMILES string of the molecule is CCC(C)C(=O)N1CCCC(C(=O)NC(CC(=O)O)c2ccc(F)cc2)C1. The van der Waals surface area contributed by atoms with Crippen LogP contribution in [0.4, 0.5) is 4.39 Å². The Labute approximate surface area is 158 Å². The standard InChI is InChI=1S/C20H27FN2O4/c1-3-13(2)20(27)23-10-4-5-15(12-23)19(26)22-17(11-18(24)25)14-6-8-16(21)9-7-14/h6-9,13,15,17H,3-5,10-12H2,1-2H3,(H,22,26)(H,24,25). The van der Waals surface area contributed by atoms with Gasteiger partial charge in [0.05, 0.1) is 18.4 Å². The maximum Gasteiger partial charge on any atom is 0.305 e. The molecule has 0 radical (unpaired) electrons. The maximum absolute atomic E-state index is 13.1. The van der Waals surface area contributed by atoms with Crippen molar-refractivity contribution in [2.75, 3.05) is 13.1 Å². The zero-order chi connectivity index (χ0) is 20.0. The largest absolute Gasteiger partial charge is 0.481 e. The number of carboxylic acid groups (broad SMARTS) is 1. The third-order valence-electron chi connectivity index (χ3n) is 5.11. The summed E-state index contributed by atoms with van der Waals surface area (Å²) in [6, 6.07) is 4.69. The van der Waals surface area contributed by atoms with Crippen molar-refractivity contribution >= 4 is 17.8 Å². The molecule has 3 atom stereocenters. The molecule has 1 saturated heterocycles. The first kappa shape index (κ1) is 20.9. The molecule has 1 aromatic carbocycles. The molecule has 0 bridgehead atoms. The van der Waals surface area contributed by atoms with Crippen LogP contribution < -0.4 is 5.32 Å². The first-order valence-corrected chi connectivity index (χ1v) is 9.38. The van der Waals surface area contributed by atoms with Gasteiger partial charge in [-0.25, -0.2) is 4.39 Å². The molecule has 7 heteroatoms. The molecule has 3 unspecified atom stereocenters. The minimum Gasteiger partial charge on any atom is -0.481 e. The number of carbonyl (C=O) groups is 3. The molecule has 6 nitrogen and oxygen atoms in total. The summed E-state index contributed by atoms with van der Waals surface area (Å²) in [7, 11) is 0.